The number of fused-ring (bicyclic) bond motifs is 3. The number of hydrogen-bond donors (Lipinski definition) is 1. The predicted molar refractivity (Wildman–Crippen MR) is 99.2 cm³/mol. The lowest BCUT2D eigenvalue weighted by atomic mass is 10.2. The third-order valence-electron chi connectivity index (χ3n) is 3.94. The molecule has 0 aliphatic heterocycles. The first-order valence-corrected chi connectivity index (χ1v) is 9.44. The van der Waals surface area contributed by atoms with Crippen LogP contribution in [0.15, 0.2) is 53.4 Å². The van der Waals surface area contributed by atoms with Gasteiger partial charge in [-0.2, -0.15) is 4.52 Å². The molecule has 0 aliphatic rings. The lowest BCUT2D eigenvalue weighted by Crippen LogP contribution is -2.15. The average molecular weight is 369 g/mol. The van der Waals surface area contributed by atoms with Gasteiger partial charge in [0.1, 0.15) is 11.6 Å². The van der Waals surface area contributed by atoms with E-state index in [4.69, 9.17) is 0 Å². The van der Waals surface area contributed by atoms with Crippen LogP contribution in [0.3, 0.4) is 0 Å². The summed E-state index contributed by atoms with van der Waals surface area (Å²) in [4.78, 5) is 9.26. The fourth-order valence-electron chi connectivity index (χ4n) is 2.77. The highest BCUT2D eigenvalue weighted by atomic mass is 32.2. The second-order valence-electron chi connectivity index (χ2n) is 5.75. The molecule has 0 radical (unpaired) electrons. The minimum absolute atomic E-state index is 0.211. The maximum Gasteiger partial charge on any atom is 0.226 e. The molecule has 1 atom stereocenters. The van der Waals surface area contributed by atoms with Crippen LogP contribution in [0.2, 0.25) is 0 Å². The van der Waals surface area contributed by atoms with Crippen molar-refractivity contribution in [2.24, 2.45) is 0 Å². The van der Waals surface area contributed by atoms with Gasteiger partial charge in [0.2, 0.25) is 5.95 Å². The van der Waals surface area contributed by atoms with Crippen LogP contribution >= 0.6 is 0 Å². The lowest BCUT2D eigenvalue weighted by molar-refractivity contribution is 0.595. The van der Waals surface area contributed by atoms with Gasteiger partial charge in [-0.25, -0.2) is 14.4 Å². The van der Waals surface area contributed by atoms with Gasteiger partial charge in [-0.05, 0) is 31.2 Å². The minimum atomic E-state index is -1.43. The topological polar surface area (TPSA) is 72.2 Å². The van der Waals surface area contributed by atoms with E-state index < -0.39 is 16.6 Å². The number of aromatic nitrogens is 4. The summed E-state index contributed by atoms with van der Waals surface area (Å²) in [6, 6.07) is 13.8. The quantitative estimate of drug-likeness (QED) is 0.586. The monoisotopic (exact) mass is 369 g/mol. The van der Waals surface area contributed by atoms with E-state index in [1.54, 1.807) is 22.7 Å². The molecule has 8 heteroatoms. The molecule has 0 saturated heterocycles. The number of nitrogens with one attached hydrogen (secondary N) is 1. The molecule has 0 saturated carbocycles. The van der Waals surface area contributed by atoms with Gasteiger partial charge in [0, 0.05) is 17.7 Å². The Hall–Kier alpha value is -2.87. The average Bonchev–Trinajstić information content (AvgIpc) is 3.04. The van der Waals surface area contributed by atoms with Gasteiger partial charge in [-0.1, -0.05) is 24.3 Å². The third-order valence-corrected chi connectivity index (χ3v) is 5.33. The second-order valence-corrected chi connectivity index (χ2v) is 7.29. The lowest BCUT2D eigenvalue weighted by Gasteiger charge is -2.09. The first-order valence-electron chi connectivity index (χ1n) is 8.12. The standard InChI is InChI=1S/C18H16FN5OS/c1-12-21-17-13-6-2-4-8-15(13)22-18(24(17)23-12)20-10-11-26(25)16-9-5-3-7-14(16)19/h2-9H,10-11H2,1H3,(H,20,22)/t26-/m1/s1. The van der Waals surface area contributed by atoms with Crippen molar-refractivity contribution in [1.82, 2.24) is 19.6 Å². The molecule has 0 fully saturated rings. The summed E-state index contributed by atoms with van der Waals surface area (Å²) in [5.41, 5.74) is 1.51. The Labute approximate surface area is 151 Å². The van der Waals surface area contributed by atoms with Gasteiger partial charge in [0.15, 0.2) is 5.65 Å². The molecule has 2 heterocycles. The number of nitrogens with zero attached hydrogens (tertiary/aromatic N) is 4. The van der Waals surface area contributed by atoms with Crippen LogP contribution in [-0.2, 0) is 10.8 Å². The summed E-state index contributed by atoms with van der Waals surface area (Å²) in [7, 11) is -1.43. The SMILES string of the molecule is Cc1nc2c3ccccc3nc(NCC[S@@](=O)c3ccccc3F)n2n1. The normalized spacial score (nSPS) is 12.5. The van der Waals surface area contributed by atoms with E-state index in [1.165, 1.54) is 6.07 Å². The summed E-state index contributed by atoms with van der Waals surface area (Å²) < 4.78 is 27.7. The molecular weight excluding hydrogens is 353 g/mol. The van der Waals surface area contributed by atoms with Crippen molar-refractivity contribution in [3.63, 3.8) is 0 Å². The number of halogens is 1. The highest BCUT2D eigenvalue weighted by Crippen LogP contribution is 2.20. The number of anilines is 1. The Morgan fingerprint density at radius 2 is 1.88 bits per heavy atom. The van der Waals surface area contributed by atoms with Crippen molar-refractivity contribution in [2.45, 2.75) is 11.8 Å². The molecule has 4 rings (SSSR count). The zero-order chi connectivity index (χ0) is 18.1. The first-order chi connectivity index (χ1) is 12.6. The number of hydrogen-bond acceptors (Lipinski definition) is 5. The van der Waals surface area contributed by atoms with Crippen LogP contribution in [0.25, 0.3) is 16.6 Å². The number of benzene rings is 2. The second kappa shape index (κ2) is 6.80. The first kappa shape index (κ1) is 16.6. The zero-order valence-corrected chi connectivity index (χ0v) is 14.8. The van der Waals surface area contributed by atoms with Crippen molar-refractivity contribution in [3.8, 4) is 0 Å². The maximum atomic E-state index is 13.7. The van der Waals surface area contributed by atoms with Gasteiger partial charge < -0.3 is 5.32 Å². The predicted octanol–water partition coefficient (Wildman–Crippen LogP) is 2.94. The summed E-state index contributed by atoms with van der Waals surface area (Å²) in [6.07, 6.45) is 0. The van der Waals surface area contributed by atoms with Crippen molar-refractivity contribution in [3.05, 3.63) is 60.2 Å². The Balaban J connectivity index is 1.59. The van der Waals surface area contributed by atoms with E-state index in [0.29, 0.717) is 24.0 Å². The summed E-state index contributed by atoms with van der Waals surface area (Å²) in [5, 5.41) is 8.44. The number of rotatable bonds is 5. The van der Waals surface area contributed by atoms with Crippen LogP contribution in [0, 0.1) is 12.7 Å². The van der Waals surface area contributed by atoms with E-state index in [9.17, 15) is 8.60 Å². The molecular formula is C18H16FN5OS. The minimum Gasteiger partial charge on any atom is -0.353 e. The van der Waals surface area contributed by atoms with E-state index in [2.05, 4.69) is 20.4 Å². The fraction of sp³-hybridized carbons (Fsp3) is 0.167. The van der Waals surface area contributed by atoms with Gasteiger partial charge >= 0.3 is 0 Å². The van der Waals surface area contributed by atoms with Gasteiger partial charge in [0.25, 0.3) is 0 Å². The molecule has 0 aliphatic carbocycles. The molecule has 0 amide bonds. The molecule has 4 aromatic rings. The number of para-hydroxylation sites is 1. The Morgan fingerprint density at radius 3 is 2.73 bits per heavy atom. The highest BCUT2D eigenvalue weighted by molar-refractivity contribution is 7.85. The molecule has 2 aromatic heterocycles. The molecule has 132 valence electrons. The van der Waals surface area contributed by atoms with Crippen LogP contribution in [0.4, 0.5) is 10.3 Å². The summed E-state index contributed by atoms with van der Waals surface area (Å²) in [5.74, 6) is 0.958. The Bertz CT molecular complexity index is 1130. The van der Waals surface area contributed by atoms with Crippen molar-refractivity contribution in [2.75, 3.05) is 17.6 Å². The van der Waals surface area contributed by atoms with E-state index in [-0.39, 0.29) is 10.6 Å². The highest BCUT2D eigenvalue weighted by Gasteiger charge is 2.13. The van der Waals surface area contributed by atoms with Crippen LogP contribution < -0.4 is 5.32 Å². The van der Waals surface area contributed by atoms with Crippen LogP contribution in [0.1, 0.15) is 5.82 Å². The molecule has 6 nitrogen and oxygen atoms in total. The van der Waals surface area contributed by atoms with Crippen molar-refractivity contribution in [1.29, 1.82) is 0 Å². The third kappa shape index (κ3) is 3.03. The van der Waals surface area contributed by atoms with E-state index >= 15 is 0 Å². The summed E-state index contributed by atoms with van der Waals surface area (Å²) >= 11 is 0. The van der Waals surface area contributed by atoms with E-state index in [0.717, 1.165) is 10.9 Å². The van der Waals surface area contributed by atoms with Crippen molar-refractivity contribution >= 4 is 33.3 Å². The molecule has 26 heavy (non-hydrogen) atoms. The molecule has 0 unspecified atom stereocenters. The zero-order valence-electron chi connectivity index (χ0n) is 14.0. The van der Waals surface area contributed by atoms with Gasteiger partial charge in [-0.15, -0.1) is 5.10 Å². The molecule has 0 spiro atoms. The Kier molecular flexibility index (Phi) is 4.34. The Morgan fingerprint density at radius 1 is 1.12 bits per heavy atom. The smallest absolute Gasteiger partial charge is 0.226 e. The van der Waals surface area contributed by atoms with Crippen molar-refractivity contribution < 1.29 is 8.60 Å². The van der Waals surface area contributed by atoms with Crippen LogP contribution in [-0.4, -0.2) is 36.1 Å². The van der Waals surface area contributed by atoms with Gasteiger partial charge in [-0.3, -0.25) is 4.21 Å². The van der Waals surface area contributed by atoms with Gasteiger partial charge in [0.05, 0.1) is 21.2 Å². The van der Waals surface area contributed by atoms with E-state index in [1.807, 2.05) is 31.2 Å². The fourth-order valence-corrected chi connectivity index (χ4v) is 3.79. The molecule has 2 aromatic carbocycles. The number of aryl methyl sites for hydroxylation is 1. The summed E-state index contributed by atoms with van der Waals surface area (Å²) in [6.45, 7) is 2.18. The molecule has 0 bridgehead atoms. The van der Waals surface area contributed by atoms with Crippen LogP contribution in [0.5, 0.6) is 0 Å². The molecule has 1 N–H and O–H groups in total. The maximum absolute atomic E-state index is 13.7. The largest absolute Gasteiger partial charge is 0.353 e.